The van der Waals surface area contributed by atoms with Gasteiger partial charge in [-0.3, -0.25) is 4.90 Å². The van der Waals surface area contributed by atoms with E-state index >= 15 is 0 Å². The zero-order valence-electron chi connectivity index (χ0n) is 25.1. The second-order valence-corrected chi connectivity index (χ2v) is 13.8. The van der Waals surface area contributed by atoms with E-state index in [0.717, 1.165) is 98.4 Å². The lowest BCUT2D eigenvalue weighted by molar-refractivity contribution is 0.0342. The normalized spacial score (nSPS) is 20.0. The average molecular weight is 603 g/mol. The van der Waals surface area contributed by atoms with Crippen LogP contribution in [-0.2, 0) is 27.7 Å². The van der Waals surface area contributed by atoms with E-state index in [0.29, 0.717) is 12.1 Å². The zero-order valence-corrected chi connectivity index (χ0v) is 25.9. The van der Waals surface area contributed by atoms with Crippen LogP contribution in [0.1, 0.15) is 55.8 Å². The van der Waals surface area contributed by atoms with Crippen molar-refractivity contribution in [1.29, 1.82) is 0 Å². The summed E-state index contributed by atoms with van der Waals surface area (Å²) in [6.45, 7) is 8.32. The fourth-order valence-corrected chi connectivity index (χ4v) is 7.81. The highest BCUT2D eigenvalue weighted by Gasteiger charge is 2.28. The minimum atomic E-state index is -3.87. The lowest BCUT2D eigenvalue weighted by Crippen LogP contribution is -2.35. The molecule has 2 aromatic heterocycles. The Labute approximate surface area is 254 Å². The molecule has 0 atom stereocenters. The smallest absolute Gasteiger partial charge is 0.269 e. The molecule has 2 N–H and O–H groups in total. The van der Waals surface area contributed by atoms with Gasteiger partial charge in [-0.15, -0.1) is 0 Å². The number of morpholine rings is 1. The third-order valence-electron chi connectivity index (χ3n) is 8.75. The van der Waals surface area contributed by atoms with Gasteiger partial charge >= 0.3 is 0 Å². The number of ether oxygens (including phenoxy) is 1. The van der Waals surface area contributed by atoms with E-state index in [-0.39, 0.29) is 17.0 Å². The highest BCUT2D eigenvalue weighted by Crippen LogP contribution is 2.39. The molecule has 1 saturated carbocycles. The second-order valence-electron chi connectivity index (χ2n) is 12.0. The molecule has 6 rings (SSSR count). The predicted molar refractivity (Wildman–Crippen MR) is 171 cm³/mol. The molecule has 0 bridgehead atoms. The van der Waals surface area contributed by atoms with Gasteiger partial charge in [-0.2, -0.15) is 0 Å². The molecule has 8 nitrogen and oxygen atoms in total. The third-order valence-corrected chi connectivity index (χ3v) is 10.5. The molecule has 2 aliphatic rings. The summed E-state index contributed by atoms with van der Waals surface area (Å²) < 4.78 is 35.1. The van der Waals surface area contributed by atoms with E-state index < -0.39 is 10.0 Å². The van der Waals surface area contributed by atoms with Crippen LogP contribution in [0.25, 0.3) is 22.2 Å². The standard InChI is InChI=1S/C34H42N4O4S/c1-3-4-28-21-31-33(36-27-11-13-29(39)14-12-27)32(26-9-7-25(8-10-26)23-37-17-19-42-20-18-37)22-35-34(31)38(28)43(40,41)30-15-5-24(2)6-16-30/h5-10,15-16,21-22,27,29,39H,3-4,11-14,17-20,23H2,1-2H3,(H,35,36)/t27-,29-. The van der Waals surface area contributed by atoms with Gasteiger partial charge in [0.2, 0.25) is 0 Å². The van der Waals surface area contributed by atoms with Crippen LogP contribution < -0.4 is 5.32 Å². The minimum absolute atomic E-state index is 0.181. The molecule has 0 spiro atoms. The molecular formula is C34H42N4O4S. The number of nitrogens with one attached hydrogen (secondary N) is 1. The molecular weight excluding hydrogens is 560 g/mol. The van der Waals surface area contributed by atoms with Gasteiger partial charge in [-0.05, 0) is 68.4 Å². The number of hydrogen-bond acceptors (Lipinski definition) is 7. The van der Waals surface area contributed by atoms with Crippen molar-refractivity contribution in [2.24, 2.45) is 0 Å². The Morgan fingerprint density at radius 1 is 1.00 bits per heavy atom. The average Bonchev–Trinajstić information content (AvgIpc) is 3.39. The van der Waals surface area contributed by atoms with Crippen LogP contribution >= 0.6 is 0 Å². The Balaban J connectivity index is 1.44. The summed E-state index contributed by atoms with van der Waals surface area (Å²) in [6, 6.07) is 17.8. The molecule has 4 aromatic rings. The Hall–Kier alpha value is -3.24. The van der Waals surface area contributed by atoms with Crippen molar-refractivity contribution in [2.45, 2.75) is 76.0 Å². The van der Waals surface area contributed by atoms with Crippen LogP contribution in [-0.4, -0.2) is 65.8 Å². The van der Waals surface area contributed by atoms with Crippen molar-refractivity contribution in [1.82, 2.24) is 13.9 Å². The quantitative estimate of drug-likeness (QED) is 0.252. The van der Waals surface area contributed by atoms with Gasteiger partial charge in [0, 0.05) is 48.5 Å². The number of aromatic nitrogens is 2. The largest absolute Gasteiger partial charge is 0.393 e. The van der Waals surface area contributed by atoms with Crippen molar-refractivity contribution in [3.05, 3.63) is 77.6 Å². The van der Waals surface area contributed by atoms with Gasteiger partial charge in [-0.1, -0.05) is 55.3 Å². The monoisotopic (exact) mass is 602 g/mol. The van der Waals surface area contributed by atoms with E-state index in [1.54, 1.807) is 12.1 Å². The lowest BCUT2D eigenvalue weighted by atomic mass is 9.92. The van der Waals surface area contributed by atoms with Crippen molar-refractivity contribution in [2.75, 3.05) is 31.6 Å². The topological polar surface area (TPSA) is 96.7 Å². The second kappa shape index (κ2) is 12.8. The summed E-state index contributed by atoms with van der Waals surface area (Å²) in [7, 11) is -3.87. The Kier molecular flexibility index (Phi) is 8.86. The van der Waals surface area contributed by atoms with Crippen LogP contribution in [0.5, 0.6) is 0 Å². The number of pyridine rings is 1. The van der Waals surface area contributed by atoms with Gasteiger partial charge in [0.15, 0.2) is 5.65 Å². The number of rotatable bonds is 9. The first-order valence-electron chi connectivity index (χ1n) is 15.5. The molecule has 2 fully saturated rings. The van der Waals surface area contributed by atoms with Gasteiger partial charge in [-0.25, -0.2) is 17.4 Å². The van der Waals surface area contributed by atoms with E-state index in [1.165, 1.54) is 9.54 Å². The number of anilines is 1. The van der Waals surface area contributed by atoms with Crippen LogP contribution in [0.3, 0.4) is 0 Å². The Bertz CT molecular complexity index is 1650. The number of benzene rings is 2. The number of fused-ring (bicyclic) bond motifs is 1. The van der Waals surface area contributed by atoms with Crippen molar-refractivity contribution < 1.29 is 18.3 Å². The van der Waals surface area contributed by atoms with Gasteiger partial charge in [0.05, 0.1) is 29.9 Å². The molecule has 3 heterocycles. The summed E-state index contributed by atoms with van der Waals surface area (Å²) in [4.78, 5) is 7.49. The molecule has 228 valence electrons. The molecule has 2 aromatic carbocycles. The SMILES string of the molecule is CCCc1cc2c(N[C@H]3CC[C@H](O)CC3)c(-c3ccc(CN4CCOCC4)cc3)cnc2n1S(=O)(=O)c1ccc(C)cc1. The molecule has 1 saturated heterocycles. The minimum Gasteiger partial charge on any atom is -0.393 e. The number of nitrogens with zero attached hydrogens (tertiary/aromatic N) is 3. The Morgan fingerprint density at radius 2 is 1.70 bits per heavy atom. The van der Waals surface area contributed by atoms with Crippen LogP contribution in [0.2, 0.25) is 0 Å². The molecule has 0 unspecified atom stereocenters. The van der Waals surface area contributed by atoms with Gasteiger partial charge in [0.25, 0.3) is 10.0 Å². The molecule has 9 heteroatoms. The van der Waals surface area contributed by atoms with Crippen LogP contribution in [0.15, 0.2) is 65.7 Å². The molecule has 43 heavy (non-hydrogen) atoms. The number of aliphatic hydroxyl groups is 1. The first kappa shape index (κ1) is 29.8. The summed E-state index contributed by atoms with van der Waals surface area (Å²) in [5.74, 6) is 0. The molecule has 1 aliphatic carbocycles. The number of aliphatic hydroxyl groups excluding tert-OH is 1. The highest BCUT2D eigenvalue weighted by atomic mass is 32.2. The molecule has 1 aliphatic heterocycles. The van der Waals surface area contributed by atoms with Gasteiger partial charge < -0.3 is 15.2 Å². The maximum absolute atomic E-state index is 14.1. The Morgan fingerprint density at radius 3 is 2.37 bits per heavy atom. The predicted octanol–water partition coefficient (Wildman–Crippen LogP) is 5.75. The summed E-state index contributed by atoms with van der Waals surface area (Å²) in [6.07, 6.45) is 6.19. The fourth-order valence-electron chi connectivity index (χ4n) is 6.30. The first-order chi connectivity index (χ1) is 20.8. The fraction of sp³-hybridized carbons (Fsp3) is 0.441. The molecule has 0 radical (unpaired) electrons. The first-order valence-corrected chi connectivity index (χ1v) is 17.0. The maximum Gasteiger partial charge on any atom is 0.269 e. The van der Waals surface area contributed by atoms with E-state index in [4.69, 9.17) is 9.72 Å². The number of aryl methyl sites for hydroxylation is 2. The lowest BCUT2D eigenvalue weighted by Gasteiger charge is -2.28. The number of hydrogen-bond donors (Lipinski definition) is 2. The van der Waals surface area contributed by atoms with E-state index in [1.807, 2.05) is 31.3 Å². The molecule has 0 amide bonds. The van der Waals surface area contributed by atoms with Crippen LogP contribution in [0, 0.1) is 6.92 Å². The van der Waals surface area contributed by atoms with E-state index in [2.05, 4.69) is 41.4 Å². The zero-order chi connectivity index (χ0) is 30.0. The van der Waals surface area contributed by atoms with Gasteiger partial charge in [0.1, 0.15) is 0 Å². The van der Waals surface area contributed by atoms with Crippen LogP contribution in [0.4, 0.5) is 5.69 Å². The van der Waals surface area contributed by atoms with E-state index in [9.17, 15) is 13.5 Å². The van der Waals surface area contributed by atoms with Crippen molar-refractivity contribution >= 4 is 26.7 Å². The summed E-state index contributed by atoms with van der Waals surface area (Å²) in [5, 5.41) is 14.7. The summed E-state index contributed by atoms with van der Waals surface area (Å²) in [5.41, 5.74) is 6.31. The maximum atomic E-state index is 14.1. The van der Waals surface area contributed by atoms with Crippen molar-refractivity contribution in [3.8, 4) is 11.1 Å². The highest BCUT2D eigenvalue weighted by molar-refractivity contribution is 7.90. The third kappa shape index (κ3) is 6.36. The van der Waals surface area contributed by atoms with Crippen molar-refractivity contribution in [3.63, 3.8) is 0 Å². The summed E-state index contributed by atoms with van der Waals surface area (Å²) >= 11 is 0.